The standard InChI is InChI=1S/C15H15N3O3S/c19-13(8-11-3-5-16-6-4-11)17-9-12-10-18(15(20)21-12)14-2-1-7-22-14/h1-7,12H,8-10H2,(H,17,19). The molecule has 7 heteroatoms. The summed E-state index contributed by atoms with van der Waals surface area (Å²) in [7, 11) is 0. The Hall–Kier alpha value is -2.41. The van der Waals surface area contributed by atoms with Gasteiger partial charge in [-0.25, -0.2) is 4.79 Å². The first-order chi connectivity index (χ1) is 10.7. The number of hydrogen-bond donors (Lipinski definition) is 1. The predicted molar refractivity (Wildman–Crippen MR) is 82.9 cm³/mol. The third-order valence-electron chi connectivity index (χ3n) is 3.29. The lowest BCUT2D eigenvalue weighted by molar-refractivity contribution is -0.120. The van der Waals surface area contributed by atoms with Crippen molar-refractivity contribution in [3.63, 3.8) is 0 Å². The first-order valence-corrected chi connectivity index (χ1v) is 7.77. The van der Waals surface area contributed by atoms with Crippen LogP contribution in [0.4, 0.5) is 9.80 Å². The van der Waals surface area contributed by atoms with Crippen molar-refractivity contribution in [1.82, 2.24) is 10.3 Å². The highest BCUT2D eigenvalue weighted by molar-refractivity contribution is 7.14. The predicted octanol–water partition coefficient (Wildman–Crippen LogP) is 1.83. The van der Waals surface area contributed by atoms with Gasteiger partial charge in [0.2, 0.25) is 5.91 Å². The fourth-order valence-corrected chi connectivity index (χ4v) is 2.94. The van der Waals surface area contributed by atoms with Gasteiger partial charge in [-0.1, -0.05) is 0 Å². The van der Waals surface area contributed by atoms with Crippen LogP contribution in [0.3, 0.4) is 0 Å². The molecule has 3 rings (SSSR count). The van der Waals surface area contributed by atoms with Gasteiger partial charge in [0.1, 0.15) is 11.1 Å². The van der Waals surface area contributed by atoms with Crippen molar-refractivity contribution in [3.8, 4) is 0 Å². The van der Waals surface area contributed by atoms with E-state index in [-0.39, 0.29) is 24.5 Å². The fourth-order valence-electron chi connectivity index (χ4n) is 2.21. The van der Waals surface area contributed by atoms with Gasteiger partial charge >= 0.3 is 6.09 Å². The summed E-state index contributed by atoms with van der Waals surface area (Å²) >= 11 is 1.48. The molecule has 22 heavy (non-hydrogen) atoms. The lowest BCUT2D eigenvalue weighted by Crippen LogP contribution is -2.35. The normalized spacial score (nSPS) is 17.4. The van der Waals surface area contributed by atoms with E-state index < -0.39 is 0 Å². The Morgan fingerprint density at radius 3 is 2.95 bits per heavy atom. The lowest BCUT2D eigenvalue weighted by Gasteiger charge is -2.10. The summed E-state index contributed by atoms with van der Waals surface area (Å²) in [5, 5.41) is 5.57. The van der Waals surface area contributed by atoms with Crippen LogP contribution in [0.5, 0.6) is 0 Å². The molecule has 1 aliphatic rings. The summed E-state index contributed by atoms with van der Waals surface area (Å²) in [6.07, 6.45) is 2.91. The number of carbonyl (C=O) groups is 2. The minimum absolute atomic E-state index is 0.100. The van der Waals surface area contributed by atoms with Crippen LogP contribution >= 0.6 is 11.3 Å². The van der Waals surface area contributed by atoms with Crippen molar-refractivity contribution < 1.29 is 14.3 Å². The number of thiophene rings is 1. The second kappa shape index (κ2) is 6.57. The van der Waals surface area contributed by atoms with E-state index in [1.807, 2.05) is 17.5 Å². The number of nitrogens with one attached hydrogen (secondary N) is 1. The highest BCUT2D eigenvalue weighted by Gasteiger charge is 2.32. The average molecular weight is 317 g/mol. The van der Waals surface area contributed by atoms with E-state index in [4.69, 9.17) is 4.74 Å². The van der Waals surface area contributed by atoms with Crippen molar-refractivity contribution in [1.29, 1.82) is 0 Å². The molecule has 2 aromatic rings. The number of amides is 2. The molecule has 2 aromatic heterocycles. The Morgan fingerprint density at radius 1 is 1.41 bits per heavy atom. The maximum atomic E-state index is 11.9. The topological polar surface area (TPSA) is 71.5 Å². The first-order valence-electron chi connectivity index (χ1n) is 6.89. The van der Waals surface area contributed by atoms with Gasteiger partial charge in [-0.15, -0.1) is 11.3 Å². The largest absolute Gasteiger partial charge is 0.442 e. The minimum Gasteiger partial charge on any atom is -0.442 e. The molecule has 1 fully saturated rings. The number of carbonyl (C=O) groups excluding carboxylic acids is 2. The van der Waals surface area contributed by atoms with Crippen molar-refractivity contribution in [3.05, 3.63) is 47.6 Å². The number of nitrogens with zero attached hydrogens (tertiary/aromatic N) is 2. The highest BCUT2D eigenvalue weighted by Crippen LogP contribution is 2.25. The molecular formula is C15H15N3O3S. The first kappa shape index (κ1) is 14.5. The quantitative estimate of drug-likeness (QED) is 0.913. The SMILES string of the molecule is O=C(Cc1ccncc1)NCC1CN(c2cccs2)C(=O)O1. The van der Waals surface area contributed by atoms with E-state index >= 15 is 0 Å². The van der Waals surface area contributed by atoms with Crippen LogP contribution in [0.25, 0.3) is 0 Å². The van der Waals surface area contributed by atoms with Crippen molar-refractivity contribution in [2.75, 3.05) is 18.0 Å². The van der Waals surface area contributed by atoms with Crippen LogP contribution in [0, 0.1) is 0 Å². The molecule has 1 saturated heterocycles. The Bertz CT molecular complexity index is 645. The summed E-state index contributed by atoms with van der Waals surface area (Å²) in [6.45, 7) is 0.770. The van der Waals surface area contributed by atoms with Gasteiger partial charge in [0.25, 0.3) is 0 Å². The van der Waals surface area contributed by atoms with E-state index in [0.717, 1.165) is 10.6 Å². The van der Waals surface area contributed by atoms with Crippen molar-refractivity contribution in [2.45, 2.75) is 12.5 Å². The second-order valence-electron chi connectivity index (χ2n) is 4.90. The molecule has 0 spiro atoms. The van der Waals surface area contributed by atoms with Crippen LogP contribution in [-0.4, -0.2) is 36.2 Å². The summed E-state index contributed by atoms with van der Waals surface area (Å²) < 4.78 is 5.27. The molecule has 1 N–H and O–H groups in total. The zero-order valence-electron chi connectivity index (χ0n) is 11.8. The Morgan fingerprint density at radius 2 is 2.23 bits per heavy atom. The maximum absolute atomic E-state index is 11.9. The smallest absolute Gasteiger partial charge is 0.415 e. The molecule has 0 aliphatic carbocycles. The molecule has 3 heterocycles. The number of pyridine rings is 1. The van der Waals surface area contributed by atoms with Gasteiger partial charge < -0.3 is 10.1 Å². The zero-order valence-corrected chi connectivity index (χ0v) is 12.6. The van der Waals surface area contributed by atoms with E-state index in [1.54, 1.807) is 29.4 Å². The third kappa shape index (κ3) is 3.43. The van der Waals surface area contributed by atoms with Gasteiger partial charge in [-0.2, -0.15) is 0 Å². The molecule has 0 radical (unpaired) electrons. The maximum Gasteiger partial charge on any atom is 0.415 e. The van der Waals surface area contributed by atoms with Gasteiger partial charge in [0, 0.05) is 12.4 Å². The van der Waals surface area contributed by atoms with Gasteiger partial charge in [0.15, 0.2) is 0 Å². The number of cyclic esters (lactones) is 1. The minimum atomic E-state index is -0.365. The number of rotatable bonds is 5. The number of hydrogen-bond acceptors (Lipinski definition) is 5. The molecule has 0 aromatic carbocycles. The van der Waals surface area contributed by atoms with Crippen LogP contribution in [0.15, 0.2) is 42.0 Å². The molecule has 0 saturated carbocycles. The van der Waals surface area contributed by atoms with E-state index in [9.17, 15) is 9.59 Å². The summed E-state index contributed by atoms with van der Waals surface area (Å²) in [4.78, 5) is 29.2. The number of aromatic nitrogens is 1. The summed E-state index contributed by atoms with van der Waals surface area (Å²) in [5.74, 6) is -0.100. The summed E-state index contributed by atoms with van der Waals surface area (Å²) in [5.41, 5.74) is 0.899. The molecule has 1 aliphatic heterocycles. The van der Waals surface area contributed by atoms with Gasteiger partial charge in [-0.3, -0.25) is 14.7 Å². The van der Waals surface area contributed by atoms with Gasteiger partial charge in [0.05, 0.1) is 19.5 Å². The number of ether oxygens (including phenoxy) is 1. The van der Waals surface area contributed by atoms with E-state index in [1.165, 1.54) is 11.3 Å². The van der Waals surface area contributed by atoms with Crippen LogP contribution < -0.4 is 10.2 Å². The van der Waals surface area contributed by atoms with Crippen LogP contribution in [0.2, 0.25) is 0 Å². The molecule has 1 atom stereocenters. The Kier molecular flexibility index (Phi) is 4.34. The molecule has 0 bridgehead atoms. The number of anilines is 1. The second-order valence-corrected chi connectivity index (χ2v) is 5.83. The zero-order chi connectivity index (χ0) is 15.4. The molecule has 2 amide bonds. The Labute approximate surface area is 131 Å². The van der Waals surface area contributed by atoms with Crippen molar-refractivity contribution in [2.24, 2.45) is 0 Å². The Balaban J connectivity index is 1.48. The van der Waals surface area contributed by atoms with Crippen LogP contribution in [-0.2, 0) is 16.0 Å². The lowest BCUT2D eigenvalue weighted by atomic mass is 10.2. The highest BCUT2D eigenvalue weighted by atomic mass is 32.1. The summed E-state index contributed by atoms with van der Waals surface area (Å²) in [6, 6.07) is 7.36. The van der Waals surface area contributed by atoms with E-state index in [2.05, 4.69) is 10.3 Å². The van der Waals surface area contributed by atoms with Crippen LogP contribution in [0.1, 0.15) is 5.56 Å². The average Bonchev–Trinajstić information content (AvgIpc) is 3.15. The van der Waals surface area contributed by atoms with E-state index in [0.29, 0.717) is 13.1 Å². The van der Waals surface area contributed by atoms with Gasteiger partial charge in [-0.05, 0) is 35.2 Å². The third-order valence-corrected chi connectivity index (χ3v) is 4.18. The molecule has 1 unspecified atom stereocenters. The molecule has 6 nitrogen and oxygen atoms in total. The monoisotopic (exact) mass is 317 g/mol. The van der Waals surface area contributed by atoms with Crippen molar-refractivity contribution >= 4 is 28.3 Å². The molecular weight excluding hydrogens is 302 g/mol. The fraction of sp³-hybridized carbons (Fsp3) is 0.267. The molecule has 114 valence electrons.